The summed E-state index contributed by atoms with van der Waals surface area (Å²) in [5, 5.41) is 22.7. The van der Waals surface area contributed by atoms with Gasteiger partial charge in [0.25, 0.3) is 0 Å². The molecule has 0 heterocycles. The number of aliphatic hydroxyl groups excluding tert-OH is 1. The quantitative estimate of drug-likeness (QED) is 0.530. The second kappa shape index (κ2) is 8.84. The summed E-state index contributed by atoms with van der Waals surface area (Å²) >= 11 is 6.05. The van der Waals surface area contributed by atoms with Crippen molar-refractivity contribution in [3.05, 3.63) is 76.3 Å². The van der Waals surface area contributed by atoms with Gasteiger partial charge in [-0.05, 0) is 66.8 Å². The molecule has 0 aliphatic rings. The molecule has 1 unspecified atom stereocenters. The SMILES string of the molecule is CC(C)(N)C(O)c1cc2ccccc2cc1CCCOc1cccc(Cl)c1C#N. The predicted molar refractivity (Wildman–Crippen MR) is 117 cm³/mol. The van der Waals surface area contributed by atoms with E-state index in [1.807, 2.05) is 38.1 Å². The van der Waals surface area contributed by atoms with Gasteiger partial charge in [-0.15, -0.1) is 0 Å². The summed E-state index contributed by atoms with van der Waals surface area (Å²) in [6.07, 6.45) is 0.664. The molecule has 4 nitrogen and oxygen atoms in total. The van der Waals surface area contributed by atoms with Crippen molar-refractivity contribution in [3.8, 4) is 11.8 Å². The van der Waals surface area contributed by atoms with Crippen LogP contribution in [0.1, 0.15) is 43.1 Å². The molecule has 3 rings (SSSR count). The van der Waals surface area contributed by atoms with Crippen LogP contribution >= 0.6 is 11.6 Å². The van der Waals surface area contributed by atoms with E-state index in [1.165, 1.54) is 0 Å². The second-order valence-electron chi connectivity index (χ2n) is 7.80. The Labute approximate surface area is 176 Å². The standard InChI is InChI=1S/C24H25ClN2O2/c1-24(2,27)23(28)19-14-17-8-4-3-7-16(17)13-18(19)9-6-12-29-22-11-5-10-21(25)20(22)15-26/h3-5,7-8,10-11,13-14,23,28H,6,9,12,27H2,1-2H3. The van der Waals surface area contributed by atoms with E-state index in [1.54, 1.807) is 18.2 Å². The zero-order valence-corrected chi connectivity index (χ0v) is 17.4. The first-order chi connectivity index (χ1) is 13.8. The maximum Gasteiger partial charge on any atom is 0.138 e. The van der Waals surface area contributed by atoms with Crippen LogP contribution in [0.4, 0.5) is 0 Å². The van der Waals surface area contributed by atoms with Crippen molar-refractivity contribution in [1.29, 1.82) is 5.26 Å². The van der Waals surface area contributed by atoms with Crippen LogP contribution in [0.3, 0.4) is 0 Å². The van der Waals surface area contributed by atoms with Gasteiger partial charge in [-0.25, -0.2) is 0 Å². The van der Waals surface area contributed by atoms with Gasteiger partial charge >= 0.3 is 0 Å². The van der Waals surface area contributed by atoms with Crippen molar-refractivity contribution in [2.75, 3.05) is 6.61 Å². The zero-order chi connectivity index (χ0) is 21.0. The van der Waals surface area contributed by atoms with Gasteiger partial charge in [-0.1, -0.05) is 48.0 Å². The second-order valence-corrected chi connectivity index (χ2v) is 8.21. The van der Waals surface area contributed by atoms with Crippen LogP contribution in [0.2, 0.25) is 5.02 Å². The van der Waals surface area contributed by atoms with Gasteiger partial charge in [0.05, 0.1) is 17.7 Å². The molecule has 0 saturated heterocycles. The Kier molecular flexibility index (Phi) is 6.44. The van der Waals surface area contributed by atoms with Gasteiger partial charge in [0.1, 0.15) is 17.4 Å². The van der Waals surface area contributed by atoms with Crippen LogP contribution in [0.25, 0.3) is 10.8 Å². The van der Waals surface area contributed by atoms with Gasteiger partial charge < -0.3 is 15.6 Å². The number of benzene rings is 3. The minimum Gasteiger partial charge on any atom is -0.492 e. The highest BCUT2D eigenvalue weighted by atomic mass is 35.5. The Bertz CT molecular complexity index is 1050. The fourth-order valence-electron chi connectivity index (χ4n) is 3.35. The van der Waals surface area contributed by atoms with Gasteiger partial charge in [-0.3, -0.25) is 0 Å². The monoisotopic (exact) mass is 408 g/mol. The number of nitrogens with zero attached hydrogens (tertiary/aromatic N) is 1. The Morgan fingerprint density at radius 2 is 1.83 bits per heavy atom. The van der Waals surface area contributed by atoms with E-state index in [9.17, 15) is 10.4 Å². The molecule has 0 radical (unpaired) electrons. The van der Waals surface area contributed by atoms with E-state index in [-0.39, 0.29) is 0 Å². The third kappa shape index (κ3) is 4.89. The molecule has 1 atom stereocenters. The van der Waals surface area contributed by atoms with E-state index in [0.29, 0.717) is 22.9 Å². The molecule has 150 valence electrons. The highest BCUT2D eigenvalue weighted by Crippen LogP contribution is 2.31. The van der Waals surface area contributed by atoms with Crippen molar-refractivity contribution in [1.82, 2.24) is 0 Å². The van der Waals surface area contributed by atoms with Crippen molar-refractivity contribution in [2.24, 2.45) is 5.73 Å². The van der Waals surface area contributed by atoms with E-state index < -0.39 is 11.6 Å². The normalized spacial score (nSPS) is 12.6. The van der Waals surface area contributed by atoms with Crippen LogP contribution < -0.4 is 10.5 Å². The zero-order valence-electron chi connectivity index (χ0n) is 16.7. The first kappa shape index (κ1) is 21.1. The average molecular weight is 409 g/mol. The van der Waals surface area contributed by atoms with Crippen LogP contribution in [0.5, 0.6) is 5.75 Å². The Balaban J connectivity index is 1.79. The fourth-order valence-corrected chi connectivity index (χ4v) is 3.56. The number of ether oxygens (including phenoxy) is 1. The lowest BCUT2D eigenvalue weighted by atomic mass is 9.86. The number of aryl methyl sites for hydroxylation is 1. The lowest BCUT2D eigenvalue weighted by Gasteiger charge is -2.28. The van der Waals surface area contributed by atoms with E-state index in [2.05, 4.69) is 18.2 Å². The molecule has 0 amide bonds. The number of nitriles is 1. The highest BCUT2D eigenvalue weighted by molar-refractivity contribution is 6.31. The summed E-state index contributed by atoms with van der Waals surface area (Å²) in [7, 11) is 0. The van der Waals surface area contributed by atoms with Gasteiger partial charge in [0, 0.05) is 5.54 Å². The molecule has 0 saturated carbocycles. The molecular formula is C24H25ClN2O2. The minimum atomic E-state index is -0.777. The third-order valence-electron chi connectivity index (χ3n) is 4.94. The lowest BCUT2D eigenvalue weighted by Crippen LogP contribution is -2.39. The Morgan fingerprint density at radius 1 is 1.14 bits per heavy atom. The molecule has 0 aliphatic heterocycles. The van der Waals surface area contributed by atoms with Crippen LogP contribution in [-0.2, 0) is 6.42 Å². The largest absolute Gasteiger partial charge is 0.492 e. The molecular weight excluding hydrogens is 384 g/mol. The molecule has 29 heavy (non-hydrogen) atoms. The molecule has 0 aliphatic carbocycles. The average Bonchev–Trinajstić information content (AvgIpc) is 2.69. The van der Waals surface area contributed by atoms with Gasteiger partial charge in [0.2, 0.25) is 0 Å². The predicted octanol–water partition coefficient (Wildman–Crippen LogP) is 5.15. The minimum absolute atomic E-state index is 0.348. The first-order valence-corrected chi connectivity index (χ1v) is 9.99. The van der Waals surface area contributed by atoms with Crippen molar-refractivity contribution in [3.63, 3.8) is 0 Å². The third-order valence-corrected chi connectivity index (χ3v) is 5.26. The lowest BCUT2D eigenvalue weighted by molar-refractivity contribution is 0.104. The summed E-state index contributed by atoms with van der Waals surface area (Å²) in [5.74, 6) is 0.488. The number of rotatable bonds is 7. The van der Waals surface area contributed by atoms with E-state index in [0.717, 1.165) is 34.7 Å². The molecule has 0 fully saturated rings. The molecule has 5 heteroatoms. The first-order valence-electron chi connectivity index (χ1n) is 9.61. The molecule has 3 N–H and O–H groups in total. The number of aliphatic hydroxyl groups is 1. The number of nitrogens with two attached hydrogens (primary N) is 1. The van der Waals surface area contributed by atoms with E-state index >= 15 is 0 Å². The van der Waals surface area contributed by atoms with Crippen LogP contribution in [-0.4, -0.2) is 17.3 Å². The summed E-state index contributed by atoms with van der Waals surface area (Å²) in [4.78, 5) is 0. The fraction of sp³-hybridized carbons (Fsp3) is 0.292. The maximum atomic E-state index is 10.8. The summed E-state index contributed by atoms with van der Waals surface area (Å²) in [6, 6.07) is 19.5. The molecule has 0 aromatic heterocycles. The van der Waals surface area contributed by atoms with Crippen molar-refractivity contribution < 1.29 is 9.84 Å². The Hall–Kier alpha value is -2.58. The highest BCUT2D eigenvalue weighted by Gasteiger charge is 2.26. The smallest absolute Gasteiger partial charge is 0.138 e. The van der Waals surface area contributed by atoms with Gasteiger partial charge in [-0.2, -0.15) is 5.26 Å². The molecule has 0 spiro atoms. The summed E-state index contributed by atoms with van der Waals surface area (Å²) < 4.78 is 5.79. The molecule has 0 bridgehead atoms. The maximum absolute atomic E-state index is 10.8. The van der Waals surface area contributed by atoms with Crippen molar-refractivity contribution in [2.45, 2.75) is 38.3 Å². The number of fused-ring (bicyclic) bond motifs is 1. The van der Waals surface area contributed by atoms with Crippen LogP contribution in [0.15, 0.2) is 54.6 Å². The van der Waals surface area contributed by atoms with Crippen molar-refractivity contribution >= 4 is 22.4 Å². The topological polar surface area (TPSA) is 79.3 Å². The Morgan fingerprint density at radius 3 is 2.48 bits per heavy atom. The summed E-state index contributed by atoms with van der Waals surface area (Å²) in [5.41, 5.74) is 7.67. The van der Waals surface area contributed by atoms with Crippen LogP contribution in [0, 0.1) is 11.3 Å². The number of hydrogen-bond donors (Lipinski definition) is 2. The number of hydrogen-bond acceptors (Lipinski definition) is 4. The van der Waals surface area contributed by atoms with Gasteiger partial charge in [0.15, 0.2) is 0 Å². The molecule has 3 aromatic rings. The molecule has 3 aromatic carbocycles. The number of halogens is 1. The van der Waals surface area contributed by atoms with E-state index in [4.69, 9.17) is 22.1 Å². The summed E-state index contributed by atoms with van der Waals surface area (Å²) in [6.45, 7) is 4.08.